The zero-order valence-corrected chi connectivity index (χ0v) is 9.40. The molecule has 0 bridgehead atoms. The second-order valence-corrected chi connectivity index (χ2v) is 3.67. The second kappa shape index (κ2) is 4.98. The number of rotatable bonds is 2. The van der Waals surface area contributed by atoms with Gasteiger partial charge in [-0.1, -0.05) is 6.07 Å². The normalized spacial score (nSPS) is 12.4. The highest BCUT2D eigenvalue weighted by molar-refractivity contribution is 6.10. The maximum atomic E-state index is 11.6. The van der Waals surface area contributed by atoms with Gasteiger partial charge in [0.25, 0.3) is 5.91 Å². The molecular formula is C12H9N5O. The van der Waals surface area contributed by atoms with E-state index in [0.717, 1.165) is 12.0 Å². The summed E-state index contributed by atoms with van der Waals surface area (Å²) in [6, 6.07) is 8.53. The molecule has 0 radical (unpaired) electrons. The molecule has 0 aliphatic carbocycles. The number of nitriles is 2. The fraction of sp³-hybridized carbons (Fsp3) is 0.167. The van der Waals surface area contributed by atoms with Gasteiger partial charge >= 0.3 is 0 Å². The van der Waals surface area contributed by atoms with E-state index in [1.165, 1.54) is 0 Å². The van der Waals surface area contributed by atoms with E-state index in [4.69, 9.17) is 10.5 Å². The van der Waals surface area contributed by atoms with E-state index in [0.29, 0.717) is 17.8 Å². The Bertz CT molecular complexity index is 590. The van der Waals surface area contributed by atoms with Crippen LogP contribution in [-0.4, -0.2) is 18.2 Å². The zero-order chi connectivity index (χ0) is 13.0. The maximum absolute atomic E-state index is 11.6. The summed E-state index contributed by atoms with van der Waals surface area (Å²) in [6.45, 7) is 0.643. The number of fused-ring (bicyclic) bond motifs is 1. The maximum Gasteiger partial charge on any atom is 0.251 e. The summed E-state index contributed by atoms with van der Waals surface area (Å²) in [5, 5.41) is 23.4. The summed E-state index contributed by atoms with van der Waals surface area (Å²) in [6.07, 6.45) is 0.798. The zero-order valence-electron chi connectivity index (χ0n) is 9.40. The molecule has 1 aliphatic heterocycles. The predicted molar refractivity (Wildman–Crippen MR) is 64.8 cm³/mol. The number of nitrogens with zero attached hydrogens (tertiary/aromatic N) is 3. The molecule has 0 saturated carbocycles. The molecule has 1 amide bonds. The topological polar surface area (TPSA) is 101 Å². The van der Waals surface area contributed by atoms with Crippen molar-refractivity contribution in [2.45, 2.75) is 6.42 Å². The highest BCUT2D eigenvalue weighted by atomic mass is 16.1. The van der Waals surface area contributed by atoms with Crippen molar-refractivity contribution in [3.8, 4) is 12.1 Å². The van der Waals surface area contributed by atoms with Crippen molar-refractivity contribution in [2.24, 2.45) is 5.10 Å². The fourth-order valence-corrected chi connectivity index (χ4v) is 1.68. The summed E-state index contributed by atoms with van der Waals surface area (Å²) in [7, 11) is 0. The molecule has 88 valence electrons. The Hall–Kier alpha value is -2.86. The number of amides is 1. The third-order valence-corrected chi connectivity index (χ3v) is 2.54. The van der Waals surface area contributed by atoms with Crippen LogP contribution in [0, 0.1) is 22.7 Å². The van der Waals surface area contributed by atoms with E-state index in [2.05, 4.69) is 15.8 Å². The van der Waals surface area contributed by atoms with Gasteiger partial charge in [-0.15, -0.1) is 0 Å². The molecule has 1 aromatic carbocycles. The fourth-order valence-electron chi connectivity index (χ4n) is 1.68. The molecule has 18 heavy (non-hydrogen) atoms. The van der Waals surface area contributed by atoms with Crippen LogP contribution in [0.3, 0.4) is 0 Å². The lowest BCUT2D eigenvalue weighted by atomic mass is 10.00. The van der Waals surface area contributed by atoms with E-state index < -0.39 is 0 Å². The van der Waals surface area contributed by atoms with Gasteiger partial charge in [0.15, 0.2) is 0 Å². The predicted octanol–water partition coefficient (Wildman–Crippen LogP) is 0.788. The molecule has 2 N–H and O–H groups in total. The first kappa shape index (κ1) is 11.6. The van der Waals surface area contributed by atoms with Gasteiger partial charge in [0.1, 0.15) is 12.1 Å². The number of carbonyl (C=O) groups excluding carboxylic acids is 1. The van der Waals surface area contributed by atoms with Crippen LogP contribution in [-0.2, 0) is 6.42 Å². The van der Waals surface area contributed by atoms with Crippen LogP contribution >= 0.6 is 0 Å². The van der Waals surface area contributed by atoms with E-state index >= 15 is 0 Å². The molecule has 0 saturated heterocycles. The number of benzene rings is 1. The monoisotopic (exact) mass is 239 g/mol. The van der Waals surface area contributed by atoms with E-state index in [1.54, 1.807) is 24.3 Å². The highest BCUT2D eigenvalue weighted by Crippen LogP contribution is 2.18. The Morgan fingerprint density at radius 1 is 1.39 bits per heavy atom. The molecule has 0 spiro atoms. The van der Waals surface area contributed by atoms with Crippen molar-refractivity contribution >= 4 is 17.3 Å². The van der Waals surface area contributed by atoms with Gasteiger partial charge in [-0.3, -0.25) is 10.2 Å². The van der Waals surface area contributed by atoms with Crippen LogP contribution in [0.4, 0.5) is 5.69 Å². The molecule has 2 rings (SSSR count). The Labute approximate surface area is 104 Å². The average Bonchev–Trinajstić information content (AvgIpc) is 2.41. The Kier molecular flexibility index (Phi) is 3.22. The third kappa shape index (κ3) is 2.28. The number of carbonyl (C=O) groups is 1. The van der Waals surface area contributed by atoms with Crippen molar-refractivity contribution in [3.05, 3.63) is 29.3 Å². The summed E-state index contributed by atoms with van der Waals surface area (Å²) in [5.41, 5.74) is 4.45. The van der Waals surface area contributed by atoms with E-state index in [9.17, 15) is 4.79 Å². The van der Waals surface area contributed by atoms with Gasteiger partial charge in [-0.05, 0) is 24.1 Å². The summed E-state index contributed by atoms with van der Waals surface area (Å²) >= 11 is 0. The van der Waals surface area contributed by atoms with Gasteiger partial charge in [0.05, 0.1) is 5.69 Å². The van der Waals surface area contributed by atoms with Crippen LogP contribution in [0.1, 0.15) is 15.9 Å². The van der Waals surface area contributed by atoms with Crippen molar-refractivity contribution in [3.63, 3.8) is 0 Å². The minimum atomic E-state index is -0.267. The van der Waals surface area contributed by atoms with Gasteiger partial charge in [-0.2, -0.15) is 15.6 Å². The van der Waals surface area contributed by atoms with Crippen LogP contribution in [0.2, 0.25) is 0 Å². The van der Waals surface area contributed by atoms with Gasteiger partial charge in [-0.25, -0.2) is 0 Å². The molecule has 0 aromatic heterocycles. The summed E-state index contributed by atoms with van der Waals surface area (Å²) in [4.78, 5) is 11.6. The number of anilines is 1. The molecule has 1 aromatic rings. The van der Waals surface area contributed by atoms with Crippen LogP contribution in [0.25, 0.3) is 0 Å². The number of hydrogen-bond donors (Lipinski definition) is 2. The molecule has 0 unspecified atom stereocenters. The van der Waals surface area contributed by atoms with E-state index in [-0.39, 0.29) is 11.6 Å². The molecule has 0 fully saturated rings. The summed E-state index contributed by atoms with van der Waals surface area (Å²) in [5.74, 6) is -0.121. The van der Waals surface area contributed by atoms with E-state index in [1.807, 2.05) is 6.07 Å². The SMILES string of the molecule is N#CC(C#N)=NNc1ccc2c(c1)C(=O)NCC2. The lowest BCUT2D eigenvalue weighted by Gasteiger charge is -2.16. The van der Waals surface area contributed by atoms with Crippen molar-refractivity contribution in [1.29, 1.82) is 10.5 Å². The lowest BCUT2D eigenvalue weighted by Crippen LogP contribution is -2.31. The first-order valence-electron chi connectivity index (χ1n) is 5.29. The largest absolute Gasteiger partial charge is 0.352 e. The van der Waals surface area contributed by atoms with Crippen LogP contribution in [0.15, 0.2) is 23.3 Å². The minimum Gasteiger partial charge on any atom is -0.352 e. The molecular weight excluding hydrogens is 230 g/mol. The smallest absolute Gasteiger partial charge is 0.251 e. The Morgan fingerprint density at radius 3 is 2.89 bits per heavy atom. The van der Waals surface area contributed by atoms with Gasteiger partial charge < -0.3 is 5.32 Å². The van der Waals surface area contributed by atoms with Crippen LogP contribution in [0.5, 0.6) is 0 Å². The van der Waals surface area contributed by atoms with Crippen molar-refractivity contribution in [2.75, 3.05) is 12.0 Å². The number of hydrazone groups is 1. The standard InChI is InChI=1S/C12H9N5O/c13-6-10(7-14)17-16-9-2-1-8-3-4-15-12(18)11(8)5-9/h1-2,5,16H,3-4H2,(H,15,18). The minimum absolute atomic E-state index is 0.121. The van der Waals surface area contributed by atoms with Gasteiger partial charge in [0, 0.05) is 12.1 Å². The Balaban J connectivity index is 2.25. The molecule has 0 atom stereocenters. The molecule has 1 heterocycles. The number of nitrogens with one attached hydrogen (secondary N) is 2. The van der Waals surface area contributed by atoms with Crippen molar-refractivity contribution in [1.82, 2.24) is 5.32 Å². The molecule has 6 heteroatoms. The van der Waals surface area contributed by atoms with Crippen molar-refractivity contribution < 1.29 is 4.79 Å². The highest BCUT2D eigenvalue weighted by Gasteiger charge is 2.16. The quantitative estimate of drug-likeness (QED) is 0.588. The second-order valence-electron chi connectivity index (χ2n) is 3.67. The Morgan fingerprint density at radius 2 is 2.17 bits per heavy atom. The van der Waals surface area contributed by atoms with Crippen LogP contribution < -0.4 is 10.7 Å². The number of hydrogen-bond acceptors (Lipinski definition) is 5. The molecule has 6 nitrogen and oxygen atoms in total. The molecule has 1 aliphatic rings. The lowest BCUT2D eigenvalue weighted by molar-refractivity contribution is 0.0946. The third-order valence-electron chi connectivity index (χ3n) is 2.54. The first-order chi connectivity index (χ1) is 8.74. The average molecular weight is 239 g/mol. The summed E-state index contributed by atoms with van der Waals surface area (Å²) < 4.78 is 0. The van der Waals surface area contributed by atoms with Gasteiger partial charge in [0.2, 0.25) is 5.71 Å². The first-order valence-corrected chi connectivity index (χ1v) is 5.29.